The van der Waals surface area contributed by atoms with Crippen LogP contribution in [-0.2, 0) is 18.4 Å². The highest BCUT2D eigenvalue weighted by Gasteiger charge is 2.39. The van der Waals surface area contributed by atoms with E-state index < -0.39 is 0 Å². The number of nitrogens with one attached hydrogen (secondary N) is 1. The van der Waals surface area contributed by atoms with Gasteiger partial charge in [-0.2, -0.15) is 0 Å². The lowest BCUT2D eigenvalue weighted by Gasteiger charge is -2.34. The number of aryl methyl sites for hydroxylation is 1. The van der Waals surface area contributed by atoms with Crippen LogP contribution in [0, 0.1) is 0 Å². The minimum atomic E-state index is 0.0103. The molecule has 30 heavy (non-hydrogen) atoms. The van der Waals surface area contributed by atoms with E-state index in [0.717, 1.165) is 13.0 Å². The zero-order valence-corrected chi connectivity index (χ0v) is 19.1. The van der Waals surface area contributed by atoms with E-state index in [1.165, 1.54) is 55.5 Å². The second-order valence-corrected chi connectivity index (χ2v) is 8.97. The van der Waals surface area contributed by atoms with Crippen molar-refractivity contribution in [3.05, 3.63) is 90.0 Å². The molecule has 0 fully saturated rings. The van der Waals surface area contributed by atoms with Gasteiger partial charge in [-0.1, -0.05) is 107 Å². The first-order valence-electron chi connectivity index (χ1n) is 11.8. The highest BCUT2D eigenvalue weighted by molar-refractivity contribution is 5.32. The van der Waals surface area contributed by atoms with E-state index in [1.54, 1.807) is 0 Å². The molecule has 0 aliphatic rings. The summed E-state index contributed by atoms with van der Waals surface area (Å²) in [5, 5.41) is 0. The quantitative estimate of drug-likeness (QED) is 0.249. The second-order valence-electron chi connectivity index (χ2n) is 8.97. The predicted molar refractivity (Wildman–Crippen MR) is 127 cm³/mol. The van der Waals surface area contributed by atoms with Gasteiger partial charge in [0.2, 0.25) is 0 Å². The number of H-pyrrole nitrogens is 1. The largest absolute Gasteiger partial charge is 0.257 e. The zero-order chi connectivity index (χ0) is 21.2. The molecule has 1 N–H and O–H groups in total. The van der Waals surface area contributed by atoms with Gasteiger partial charge in [-0.05, 0) is 30.4 Å². The summed E-state index contributed by atoms with van der Waals surface area (Å²) in [6, 6.07) is 22.0. The molecule has 3 aromatic rings. The number of aromatic amines is 1. The Hall–Kier alpha value is -2.35. The van der Waals surface area contributed by atoms with E-state index in [4.69, 9.17) is 0 Å². The number of aromatic nitrogens is 2. The van der Waals surface area contributed by atoms with Crippen LogP contribution in [0.1, 0.15) is 82.2 Å². The van der Waals surface area contributed by atoms with Crippen molar-refractivity contribution in [2.45, 2.75) is 83.6 Å². The van der Waals surface area contributed by atoms with Gasteiger partial charge in [0, 0.05) is 5.41 Å². The van der Waals surface area contributed by atoms with Crippen LogP contribution in [0.5, 0.6) is 0 Å². The second kappa shape index (κ2) is 11.2. The van der Waals surface area contributed by atoms with E-state index in [-0.39, 0.29) is 5.41 Å². The van der Waals surface area contributed by atoms with Crippen molar-refractivity contribution >= 4 is 0 Å². The lowest BCUT2D eigenvalue weighted by Crippen LogP contribution is -2.42. The first-order chi connectivity index (χ1) is 14.6. The van der Waals surface area contributed by atoms with E-state index in [0.29, 0.717) is 5.92 Å². The summed E-state index contributed by atoms with van der Waals surface area (Å²) >= 11 is 0. The van der Waals surface area contributed by atoms with Crippen molar-refractivity contribution < 1.29 is 4.57 Å². The molecule has 3 rings (SSSR count). The van der Waals surface area contributed by atoms with Gasteiger partial charge in [0.15, 0.2) is 0 Å². The SMILES string of the molecule is CCCCCCCC[n+]1cc[nH]c1C(C)C(C)(Cc1ccccc1)c1ccccc1. The van der Waals surface area contributed by atoms with Crippen LogP contribution in [0.4, 0.5) is 0 Å². The van der Waals surface area contributed by atoms with Crippen LogP contribution in [0.15, 0.2) is 73.1 Å². The van der Waals surface area contributed by atoms with E-state index in [9.17, 15) is 0 Å². The summed E-state index contributed by atoms with van der Waals surface area (Å²) < 4.78 is 2.46. The van der Waals surface area contributed by atoms with Gasteiger partial charge in [-0.3, -0.25) is 0 Å². The summed E-state index contributed by atoms with van der Waals surface area (Å²) in [4.78, 5) is 3.59. The third-order valence-electron chi connectivity index (χ3n) is 6.76. The van der Waals surface area contributed by atoms with Crippen LogP contribution in [-0.4, -0.2) is 4.98 Å². The van der Waals surface area contributed by atoms with Gasteiger partial charge in [0.1, 0.15) is 12.4 Å². The highest BCUT2D eigenvalue weighted by atomic mass is 15.1. The number of rotatable bonds is 12. The molecule has 1 aromatic heterocycles. The molecule has 0 amide bonds. The molecular weight excluding hydrogens is 364 g/mol. The number of hydrogen-bond acceptors (Lipinski definition) is 0. The summed E-state index contributed by atoms with van der Waals surface area (Å²) in [6.07, 6.45) is 13.4. The van der Waals surface area contributed by atoms with Crippen molar-refractivity contribution in [2.24, 2.45) is 0 Å². The van der Waals surface area contributed by atoms with Crippen molar-refractivity contribution in [2.75, 3.05) is 0 Å². The number of benzene rings is 2. The van der Waals surface area contributed by atoms with Gasteiger partial charge >= 0.3 is 0 Å². The maximum Gasteiger partial charge on any atom is 0.257 e. The summed E-state index contributed by atoms with van der Waals surface area (Å²) in [7, 11) is 0. The Morgan fingerprint density at radius 2 is 1.50 bits per heavy atom. The minimum Gasteiger partial charge on any atom is -0.247 e. The molecule has 2 atom stereocenters. The molecule has 2 nitrogen and oxygen atoms in total. The van der Waals surface area contributed by atoms with E-state index in [1.807, 2.05) is 0 Å². The van der Waals surface area contributed by atoms with Gasteiger partial charge in [0.25, 0.3) is 5.82 Å². The monoisotopic (exact) mass is 403 g/mol. The molecule has 0 aliphatic heterocycles. The Morgan fingerprint density at radius 3 is 2.20 bits per heavy atom. The molecule has 160 valence electrons. The molecule has 0 spiro atoms. The summed E-state index contributed by atoms with van der Waals surface area (Å²) in [6.45, 7) is 8.20. The Balaban J connectivity index is 1.79. The van der Waals surface area contributed by atoms with Crippen LogP contribution in [0.3, 0.4) is 0 Å². The molecule has 0 bridgehead atoms. The van der Waals surface area contributed by atoms with Crippen molar-refractivity contribution in [3.8, 4) is 0 Å². The average Bonchev–Trinajstić information content (AvgIpc) is 3.25. The molecule has 0 aliphatic carbocycles. The molecule has 0 saturated carbocycles. The van der Waals surface area contributed by atoms with Crippen molar-refractivity contribution in [1.82, 2.24) is 4.98 Å². The Labute approximate surface area is 183 Å². The lowest BCUT2D eigenvalue weighted by atomic mass is 9.68. The zero-order valence-electron chi connectivity index (χ0n) is 19.1. The lowest BCUT2D eigenvalue weighted by molar-refractivity contribution is -0.705. The Kier molecular flexibility index (Phi) is 8.30. The standard InChI is InChI=1S/C28H38N2/c1-4-5-6-7-8-15-21-30-22-20-29-27(30)24(2)28(3,26-18-13-10-14-19-26)23-25-16-11-9-12-17-25/h9-14,16-20,22,24H,4-8,15,21,23H2,1-3H3/p+1. The van der Waals surface area contributed by atoms with Gasteiger partial charge in [-0.25, -0.2) is 9.55 Å². The predicted octanol–water partition coefficient (Wildman–Crippen LogP) is 6.97. The summed E-state index contributed by atoms with van der Waals surface area (Å²) in [5.41, 5.74) is 2.81. The maximum atomic E-state index is 3.59. The van der Waals surface area contributed by atoms with E-state index >= 15 is 0 Å². The van der Waals surface area contributed by atoms with Gasteiger partial charge < -0.3 is 0 Å². The molecule has 1 heterocycles. The molecule has 2 aromatic carbocycles. The van der Waals surface area contributed by atoms with Crippen LogP contribution in [0.2, 0.25) is 0 Å². The molecule has 0 radical (unpaired) electrons. The van der Waals surface area contributed by atoms with Crippen molar-refractivity contribution in [1.29, 1.82) is 0 Å². The van der Waals surface area contributed by atoms with Crippen molar-refractivity contribution in [3.63, 3.8) is 0 Å². The molecule has 2 heteroatoms. The fraction of sp³-hybridized carbons (Fsp3) is 0.464. The third kappa shape index (κ3) is 5.62. The number of imidazole rings is 1. The highest BCUT2D eigenvalue weighted by Crippen LogP contribution is 2.40. The first kappa shape index (κ1) is 22.3. The fourth-order valence-corrected chi connectivity index (χ4v) is 4.65. The van der Waals surface area contributed by atoms with E-state index in [2.05, 4.69) is 103 Å². The normalized spacial score (nSPS) is 14.4. The van der Waals surface area contributed by atoms with Gasteiger partial charge in [-0.15, -0.1) is 0 Å². The van der Waals surface area contributed by atoms with Gasteiger partial charge in [0.05, 0.1) is 12.5 Å². The fourth-order valence-electron chi connectivity index (χ4n) is 4.65. The topological polar surface area (TPSA) is 19.7 Å². The first-order valence-corrected chi connectivity index (χ1v) is 11.8. The molecular formula is C28H39N2+. The minimum absolute atomic E-state index is 0.0103. The molecule has 0 saturated heterocycles. The maximum absolute atomic E-state index is 3.59. The third-order valence-corrected chi connectivity index (χ3v) is 6.76. The van der Waals surface area contributed by atoms with Crippen LogP contribution < -0.4 is 4.57 Å². The summed E-state index contributed by atoms with van der Waals surface area (Å²) in [5.74, 6) is 1.71. The number of hydrogen-bond donors (Lipinski definition) is 1. The molecule has 2 unspecified atom stereocenters. The van der Waals surface area contributed by atoms with Crippen LogP contribution in [0.25, 0.3) is 0 Å². The average molecular weight is 404 g/mol. The smallest absolute Gasteiger partial charge is 0.247 e. The number of nitrogens with zero attached hydrogens (tertiary/aromatic N) is 1. The van der Waals surface area contributed by atoms with Crippen LogP contribution >= 0.6 is 0 Å². The number of unbranched alkanes of at least 4 members (excludes halogenated alkanes) is 5. The Morgan fingerprint density at radius 1 is 0.867 bits per heavy atom. The Bertz CT molecular complexity index is 853.